The predicted octanol–water partition coefficient (Wildman–Crippen LogP) is 6.93. The molecule has 0 unspecified atom stereocenters. The highest BCUT2D eigenvalue weighted by atomic mass is 16.5. The zero-order valence-corrected chi connectivity index (χ0v) is 19.9. The Morgan fingerprint density at radius 1 is 0.657 bits per heavy atom. The molecule has 0 saturated heterocycles. The number of rotatable bonds is 4. The molecular weight excluding hydrogens is 432 g/mol. The third kappa shape index (κ3) is 3.53. The highest BCUT2D eigenvalue weighted by Gasteiger charge is 2.18. The van der Waals surface area contributed by atoms with Crippen LogP contribution in [0.1, 0.15) is 11.1 Å². The summed E-state index contributed by atoms with van der Waals surface area (Å²) in [4.78, 5) is 12.6. The van der Waals surface area contributed by atoms with Crippen molar-refractivity contribution in [2.45, 2.75) is 13.8 Å². The molecule has 6 rings (SSSR count). The van der Waals surface area contributed by atoms with Crippen LogP contribution >= 0.6 is 0 Å². The lowest BCUT2D eigenvalue weighted by Crippen LogP contribution is -2.01. The number of benzene rings is 4. The van der Waals surface area contributed by atoms with Crippen LogP contribution in [0.2, 0.25) is 0 Å². The van der Waals surface area contributed by atoms with Crippen molar-refractivity contribution in [3.05, 3.63) is 103 Å². The molecule has 0 radical (unpaired) electrons. The number of aromatic nitrogens is 4. The minimum Gasteiger partial charge on any atom is -0.497 e. The lowest BCUT2D eigenvalue weighted by molar-refractivity contribution is 0.415. The van der Waals surface area contributed by atoms with Crippen LogP contribution in [0.25, 0.3) is 50.0 Å². The summed E-state index contributed by atoms with van der Waals surface area (Å²) in [7, 11) is 1.71. The first-order chi connectivity index (χ1) is 17.1. The zero-order chi connectivity index (χ0) is 23.9. The lowest BCUT2D eigenvalue weighted by atomic mass is 10.0. The Bertz CT molecular complexity index is 1670. The number of aryl methyl sites for hydroxylation is 2. The smallest absolute Gasteiger partial charge is 0.162 e. The van der Waals surface area contributed by atoms with Gasteiger partial charge in [-0.3, -0.25) is 0 Å². The summed E-state index contributed by atoms with van der Waals surface area (Å²) in [5.74, 6) is 1.53. The summed E-state index contributed by atoms with van der Waals surface area (Å²) in [5.41, 5.74) is 9.16. The highest BCUT2D eigenvalue weighted by Crippen LogP contribution is 2.38. The first-order valence-electron chi connectivity index (χ1n) is 11.6. The maximum absolute atomic E-state index is 5.58. The van der Waals surface area contributed by atoms with Gasteiger partial charge in [0.15, 0.2) is 5.82 Å². The van der Waals surface area contributed by atoms with Crippen molar-refractivity contribution < 1.29 is 4.74 Å². The molecule has 0 amide bonds. The average molecular weight is 457 g/mol. The topological polar surface area (TPSA) is 52.8 Å². The van der Waals surface area contributed by atoms with Gasteiger partial charge in [0, 0.05) is 16.3 Å². The average Bonchev–Trinajstić information content (AvgIpc) is 3.22. The minimum atomic E-state index is 0.678. The van der Waals surface area contributed by atoms with Crippen molar-refractivity contribution in [3.8, 4) is 34.0 Å². The fraction of sp³-hybridized carbons (Fsp3) is 0.100. The Labute approximate surface area is 203 Å². The van der Waals surface area contributed by atoms with E-state index in [1.165, 1.54) is 34.9 Å². The predicted molar refractivity (Wildman–Crippen MR) is 141 cm³/mol. The van der Waals surface area contributed by atoms with E-state index in [9.17, 15) is 0 Å². The first kappa shape index (κ1) is 21.1. The Balaban J connectivity index is 1.63. The van der Waals surface area contributed by atoms with Crippen LogP contribution in [-0.2, 0) is 0 Å². The van der Waals surface area contributed by atoms with E-state index in [2.05, 4.69) is 100 Å². The lowest BCUT2D eigenvalue weighted by Gasteiger charge is -2.16. The standard InChI is InChI=1S/C30H24N4O/c1-19-13-23(30-32-17-31-18-33-30)14-20(2)29(19)34-27-11-9-22(21-7-5-4-6-8-21)15-25(27)26-16-24(35-3)10-12-28(26)34/h4-18H,1-3H3. The molecule has 0 atom stereocenters. The van der Waals surface area contributed by atoms with E-state index in [0.29, 0.717) is 5.82 Å². The van der Waals surface area contributed by atoms with Gasteiger partial charge in [0.25, 0.3) is 0 Å². The van der Waals surface area contributed by atoms with Gasteiger partial charge in [0.05, 0.1) is 23.8 Å². The largest absolute Gasteiger partial charge is 0.497 e. The van der Waals surface area contributed by atoms with Crippen LogP contribution < -0.4 is 4.74 Å². The minimum absolute atomic E-state index is 0.678. The van der Waals surface area contributed by atoms with Gasteiger partial charge < -0.3 is 9.30 Å². The van der Waals surface area contributed by atoms with Crippen LogP contribution in [-0.4, -0.2) is 26.6 Å². The van der Waals surface area contributed by atoms with Crippen molar-refractivity contribution in [2.24, 2.45) is 0 Å². The fourth-order valence-electron chi connectivity index (χ4n) is 5.01. The van der Waals surface area contributed by atoms with Gasteiger partial charge in [-0.05, 0) is 78.6 Å². The van der Waals surface area contributed by atoms with Gasteiger partial charge >= 0.3 is 0 Å². The molecular formula is C30H24N4O. The van der Waals surface area contributed by atoms with Crippen LogP contribution in [0.4, 0.5) is 0 Å². The molecule has 0 N–H and O–H groups in total. The van der Waals surface area contributed by atoms with E-state index in [-0.39, 0.29) is 0 Å². The van der Waals surface area contributed by atoms with E-state index in [4.69, 9.17) is 4.74 Å². The molecule has 6 aromatic rings. The van der Waals surface area contributed by atoms with Crippen molar-refractivity contribution in [2.75, 3.05) is 7.11 Å². The van der Waals surface area contributed by atoms with Crippen molar-refractivity contribution in [1.29, 1.82) is 0 Å². The summed E-state index contributed by atoms with van der Waals surface area (Å²) in [6.45, 7) is 4.29. The number of hydrogen-bond acceptors (Lipinski definition) is 4. The molecule has 170 valence electrons. The van der Waals surface area contributed by atoms with Gasteiger partial charge in [-0.1, -0.05) is 36.4 Å². The van der Waals surface area contributed by atoms with Gasteiger partial charge in [-0.25, -0.2) is 15.0 Å². The second kappa shape index (κ2) is 8.37. The van der Waals surface area contributed by atoms with Crippen LogP contribution in [0.3, 0.4) is 0 Å². The Hall–Kier alpha value is -4.51. The van der Waals surface area contributed by atoms with Crippen LogP contribution in [0.5, 0.6) is 5.75 Å². The molecule has 0 aliphatic heterocycles. The summed E-state index contributed by atoms with van der Waals surface area (Å²) in [5, 5.41) is 2.36. The zero-order valence-electron chi connectivity index (χ0n) is 19.9. The summed E-state index contributed by atoms with van der Waals surface area (Å²) < 4.78 is 7.95. The molecule has 0 fully saturated rings. The molecule has 2 aromatic heterocycles. The van der Waals surface area contributed by atoms with E-state index in [1.54, 1.807) is 7.11 Å². The monoisotopic (exact) mass is 456 g/mol. The molecule has 0 bridgehead atoms. The van der Waals surface area contributed by atoms with Gasteiger partial charge in [0.2, 0.25) is 0 Å². The molecule has 0 spiro atoms. The fourth-order valence-corrected chi connectivity index (χ4v) is 5.01. The number of hydrogen-bond donors (Lipinski definition) is 0. The second-order valence-corrected chi connectivity index (χ2v) is 8.74. The summed E-state index contributed by atoms with van der Waals surface area (Å²) in [6.07, 6.45) is 3.07. The molecule has 5 nitrogen and oxygen atoms in total. The molecule has 0 aliphatic rings. The van der Waals surface area contributed by atoms with Crippen molar-refractivity contribution in [1.82, 2.24) is 19.5 Å². The third-order valence-corrected chi connectivity index (χ3v) is 6.55. The second-order valence-electron chi connectivity index (χ2n) is 8.74. The number of fused-ring (bicyclic) bond motifs is 3. The Kier molecular flexibility index (Phi) is 5.03. The highest BCUT2D eigenvalue weighted by molar-refractivity contribution is 6.11. The van der Waals surface area contributed by atoms with E-state index in [1.807, 2.05) is 12.1 Å². The van der Waals surface area contributed by atoms with Crippen molar-refractivity contribution >= 4 is 21.8 Å². The number of nitrogens with zero attached hydrogens (tertiary/aromatic N) is 4. The third-order valence-electron chi connectivity index (χ3n) is 6.55. The Morgan fingerprint density at radius 2 is 1.31 bits per heavy atom. The van der Waals surface area contributed by atoms with E-state index in [0.717, 1.165) is 38.9 Å². The maximum atomic E-state index is 5.58. The summed E-state index contributed by atoms with van der Waals surface area (Å²) in [6, 6.07) is 27.8. The molecule has 0 saturated carbocycles. The molecule has 35 heavy (non-hydrogen) atoms. The number of ether oxygens (including phenoxy) is 1. The summed E-state index contributed by atoms with van der Waals surface area (Å²) >= 11 is 0. The van der Waals surface area contributed by atoms with Crippen molar-refractivity contribution in [3.63, 3.8) is 0 Å². The molecule has 5 heteroatoms. The molecule has 0 aliphatic carbocycles. The maximum Gasteiger partial charge on any atom is 0.162 e. The Morgan fingerprint density at radius 3 is 2.00 bits per heavy atom. The van der Waals surface area contributed by atoms with E-state index >= 15 is 0 Å². The SMILES string of the molecule is COc1ccc2c(c1)c1cc(-c3ccccc3)ccc1n2-c1c(C)cc(-c2ncncn2)cc1C. The van der Waals surface area contributed by atoms with Gasteiger partial charge in [-0.15, -0.1) is 0 Å². The first-order valence-corrected chi connectivity index (χ1v) is 11.6. The number of methoxy groups -OCH3 is 1. The van der Waals surface area contributed by atoms with Crippen LogP contribution in [0, 0.1) is 13.8 Å². The van der Waals surface area contributed by atoms with Crippen LogP contribution in [0.15, 0.2) is 91.5 Å². The van der Waals surface area contributed by atoms with Gasteiger partial charge in [0.1, 0.15) is 18.4 Å². The van der Waals surface area contributed by atoms with Gasteiger partial charge in [-0.2, -0.15) is 0 Å². The molecule has 4 aromatic carbocycles. The normalized spacial score (nSPS) is 11.3. The molecule has 2 heterocycles. The van der Waals surface area contributed by atoms with E-state index < -0.39 is 0 Å². The quantitative estimate of drug-likeness (QED) is 0.289.